The van der Waals surface area contributed by atoms with Gasteiger partial charge in [0, 0.05) is 6.54 Å². The predicted molar refractivity (Wildman–Crippen MR) is 64.2 cm³/mol. The molecule has 102 valence electrons. The molecular formula is C12H18F3N3. The van der Waals surface area contributed by atoms with Gasteiger partial charge in [0.2, 0.25) is 0 Å². The van der Waals surface area contributed by atoms with Crippen molar-refractivity contribution in [3.63, 3.8) is 0 Å². The molecule has 1 N–H and O–H groups in total. The van der Waals surface area contributed by atoms with Gasteiger partial charge in [0.25, 0.3) is 0 Å². The highest BCUT2D eigenvalue weighted by Gasteiger charge is 2.32. The molecule has 0 fully saturated rings. The van der Waals surface area contributed by atoms with Gasteiger partial charge >= 0.3 is 6.18 Å². The average Bonchev–Trinajstić information content (AvgIpc) is 2.35. The molecule has 0 radical (unpaired) electrons. The van der Waals surface area contributed by atoms with Crippen LogP contribution in [0, 0.1) is 5.41 Å². The molecule has 0 unspecified atom stereocenters. The van der Waals surface area contributed by atoms with Gasteiger partial charge in [-0.05, 0) is 18.3 Å². The van der Waals surface area contributed by atoms with Gasteiger partial charge < -0.3 is 5.32 Å². The fourth-order valence-electron chi connectivity index (χ4n) is 1.37. The smallest absolute Gasteiger partial charge is 0.368 e. The second-order valence-electron chi connectivity index (χ2n) is 4.66. The number of nitrogens with zero attached hydrogens (tertiary/aromatic N) is 2. The number of nitrogens with one attached hydrogen (secondary N) is 1. The van der Waals surface area contributed by atoms with Gasteiger partial charge in [0.1, 0.15) is 5.82 Å². The van der Waals surface area contributed by atoms with E-state index in [0.717, 1.165) is 25.2 Å². The molecule has 3 nitrogen and oxygen atoms in total. The van der Waals surface area contributed by atoms with E-state index in [1.807, 2.05) is 0 Å². The van der Waals surface area contributed by atoms with Crippen LogP contribution in [0.5, 0.6) is 0 Å². The zero-order chi connectivity index (χ0) is 13.8. The molecule has 0 saturated carbocycles. The lowest BCUT2D eigenvalue weighted by molar-refractivity contribution is -0.141. The van der Waals surface area contributed by atoms with Gasteiger partial charge in [0.05, 0.1) is 12.4 Å². The molecular weight excluding hydrogens is 243 g/mol. The van der Waals surface area contributed by atoms with Crippen molar-refractivity contribution in [2.75, 3.05) is 11.9 Å². The Morgan fingerprint density at radius 2 is 1.72 bits per heavy atom. The fraction of sp³-hybridized carbons (Fsp3) is 0.667. The largest absolute Gasteiger partial charge is 0.434 e. The highest BCUT2D eigenvalue weighted by molar-refractivity contribution is 5.31. The molecule has 1 rings (SSSR count). The maximum atomic E-state index is 12.3. The van der Waals surface area contributed by atoms with Crippen LogP contribution in [0.4, 0.5) is 19.0 Å². The molecule has 0 bridgehead atoms. The van der Waals surface area contributed by atoms with Crippen LogP contribution in [0.15, 0.2) is 12.4 Å². The molecule has 0 aromatic carbocycles. The molecule has 1 aromatic heterocycles. The number of aromatic nitrogens is 2. The summed E-state index contributed by atoms with van der Waals surface area (Å²) >= 11 is 0. The van der Waals surface area contributed by atoms with Gasteiger partial charge in [-0.15, -0.1) is 0 Å². The Bertz CT molecular complexity index is 369. The lowest BCUT2D eigenvalue weighted by atomic mass is 9.85. The minimum absolute atomic E-state index is 0.115. The van der Waals surface area contributed by atoms with Crippen LogP contribution in [0.2, 0.25) is 0 Å². The lowest BCUT2D eigenvalue weighted by Crippen LogP contribution is -2.25. The third-order valence-electron chi connectivity index (χ3n) is 3.35. The molecule has 1 heterocycles. The number of hydrogen-bond donors (Lipinski definition) is 1. The quantitative estimate of drug-likeness (QED) is 0.877. The van der Waals surface area contributed by atoms with E-state index in [-0.39, 0.29) is 5.41 Å². The number of hydrogen-bond acceptors (Lipinski definition) is 3. The Labute approximate surface area is 105 Å². The van der Waals surface area contributed by atoms with Crippen molar-refractivity contribution in [2.24, 2.45) is 5.41 Å². The standard InChI is InChI=1S/C12H18F3N3/c1-4-11(3,5-2)8-18-10-7-16-9(6-17-10)12(13,14)15/h6-7H,4-5,8H2,1-3H3,(H,17,18). The number of rotatable bonds is 5. The van der Waals surface area contributed by atoms with Gasteiger partial charge in [-0.3, -0.25) is 0 Å². The van der Waals surface area contributed by atoms with Crippen LogP contribution in [0.25, 0.3) is 0 Å². The normalized spacial score (nSPS) is 12.6. The van der Waals surface area contributed by atoms with E-state index >= 15 is 0 Å². The van der Waals surface area contributed by atoms with E-state index in [0.29, 0.717) is 12.4 Å². The van der Waals surface area contributed by atoms with Gasteiger partial charge in [-0.1, -0.05) is 20.8 Å². The first-order valence-corrected chi connectivity index (χ1v) is 5.94. The Morgan fingerprint density at radius 1 is 1.11 bits per heavy atom. The highest BCUT2D eigenvalue weighted by Crippen LogP contribution is 2.28. The van der Waals surface area contributed by atoms with E-state index < -0.39 is 11.9 Å². The number of halogens is 3. The zero-order valence-corrected chi connectivity index (χ0v) is 10.8. The zero-order valence-electron chi connectivity index (χ0n) is 10.8. The van der Waals surface area contributed by atoms with E-state index in [1.165, 1.54) is 0 Å². The Morgan fingerprint density at radius 3 is 2.11 bits per heavy atom. The minimum Gasteiger partial charge on any atom is -0.368 e. The Balaban J connectivity index is 2.65. The maximum absolute atomic E-state index is 12.3. The van der Waals surface area contributed by atoms with Crippen molar-refractivity contribution in [1.29, 1.82) is 0 Å². The molecule has 0 aliphatic rings. The van der Waals surface area contributed by atoms with Gasteiger partial charge in [-0.25, -0.2) is 9.97 Å². The van der Waals surface area contributed by atoms with E-state index in [1.54, 1.807) is 0 Å². The summed E-state index contributed by atoms with van der Waals surface area (Å²) in [5.41, 5.74) is -0.855. The van der Waals surface area contributed by atoms with Crippen LogP contribution in [-0.2, 0) is 6.18 Å². The maximum Gasteiger partial charge on any atom is 0.434 e. The van der Waals surface area contributed by atoms with Crippen LogP contribution in [0.3, 0.4) is 0 Å². The monoisotopic (exact) mass is 261 g/mol. The summed E-state index contributed by atoms with van der Waals surface area (Å²) in [5.74, 6) is 0.371. The van der Waals surface area contributed by atoms with Crippen molar-refractivity contribution in [3.8, 4) is 0 Å². The summed E-state index contributed by atoms with van der Waals surface area (Å²) in [6.45, 7) is 6.96. The van der Waals surface area contributed by atoms with Crippen LogP contribution >= 0.6 is 0 Å². The van der Waals surface area contributed by atoms with E-state index in [9.17, 15) is 13.2 Å². The third kappa shape index (κ3) is 3.85. The van der Waals surface area contributed by atoms with Crippen molar-refractivity contribution in [2.45, 2.75) is 39.8 Å². The third-order valence-corrected chi connectivity index (χ3v) is 3.35. The second-order valence-corrected chi connectivity index (χ2v) is 4.66. The van der Waals surface area contributed by atoms with Gasteiger partial charge in [0.15, 0.2) is 5.69 Å². The number of anilines is 1. The molecule has 0 atom stereocenters. The Hall–Kier alpha value is -1.33. The van der Waals surface area contributed by atoms with Crippen molar-refractivity contribution in [1.82, 2.24) is 9.97 Å². The fourth-order valence-corrected chi connectivity index (χ4v) is 1.37. The highest BCUT2D eigenvalue weighted by atomic mass is 19.4. The van der Waals surface area contributed by atoms with Crippen molar-refractivity contribution < 1.29 is 13.2 Å². The lowest BCUT2D eigenvalue weighted by Gasteiger charge is -2.27. The molecule has 1 aromatic rings. The molecule has 6 heteroatoms. The summed E-state index contributed by atoms with van der Waals surface area (Å²) in [6.07, 6.45) is -0.589. The number of alkyl halides is 3. The van der Waals surface area contributed by atoms with E-state index in [4.69, 9.17) is 0 Å². The molecule has 0 amide bonds. The Kier molecular flexibility index (Phi) is 4.53. The van der Waals surface area contributed by atoms with Crippen molar-refractivity contribution in [3.05, 3.63) is 18.1 Å². The molecule has 0 aliphatic heterocycles. The average molecular weight is 261 g/mol. The summed E-state index contributed by atoms with van der Waals surface area (Å²) in [4.78, 5) is 7.08. The summed E-state index contributed by atoms with van der Waals surface area (Å²) in [6, 6.07) is 0. The van der Waals surface area contributed by atoms with Crippen LogP contribution in [0.1, 0.15) is 39.3 Å². The SMILES string of the molecule is CCC(C)(CC)CNc1cnc(C(F)(F)F)cn1. The first-order valence-electron chi connectivity index (χ1n) is 5.94. The topological polar surface area (TPSA) is 37.8 Å². The minimum atomic E-state index is -4.44. The van der Waals surface area contributed by atoms with Crippen LogP contribution in [-0.4, -0.2) is 16.5 Å². The van der Waals surface area contributed by atoms with Crippen molar-refractivity contribution >= 4 is 5.82 Å². The van der Waals surface area contributed by atoms with Crippen LogP contribution < -0.4 is 5.32 Å². The van der Waals surface area contributed by atoms with E-state index in [2.05, 4.69) is 36.1 Å². The predicted octanol–water partition coefficient (Wildman–Crippen LogP) is 3.73. The summed E-state index contributed by atoms with van der Waals surface area (Å²) in [5, 5.41) is 3.02. The first kappa shape index (κ1) is 14.7. The first-order chi connectivity index (χ1) is 8.30. The molecule has 0 spiro atoms. The molecule has 0 aliphatic carbocycles. The van der Waals surface area contributed by atoms with Gasteiger partial charge in [-0.2, -0.15) is 13.2 Å². The summed E-state index contributed by atoms with van der Waals surface area (Å²) in [7, 11) is 0. The molecule has 18 heavy (non-hydrogen) atoms. The molecule has 0 saturated heterocycles. The second kappa shape index (κ2) is 5.54. The summed E-state index contributed by atoms with van der Waals surface area (Å²) < 4.78 is 36.8.